The van der Waals surface area contributed by atoms with E-state index >= 15 is 0 Å². The van der Waals surface area contributed by atoms with Gasteiger partial charge < -0.3 is 15.7 Å². The maximum atomic E-state index is 10.5. The van der Waals surface area contributed by atoms with Crippen molar-refractivity contribution in [3.05, 3.63) is 0 Å². The maximum absolute atomic E-state index is 10.5. The number of nitrogens with zero attached hydrogens (tertiary/aromatic N) is 1. The molecule has 23 heavy (non-hydrogen) atoms. The molecule has 0 bridgehead atoms. The Balaban J connectivity index is 0.00000264. The van der Waals surface area contributed by atoms with E-state index in [2.05, 4.69) is 41.2 Å². The number of aliphatic hydroxyl groups is 1. The summed E-state index contributed by atoms with van der Waals surface area (Å²) in [5, 5.41) is 18.2. The molecule has 2 aliphatic rings. The van der Waals surface area contributed by atoms with Crippen LogP contribution in [0.1, 0.15) is 65.2 Å². The highest BCUT2D eigenvalue weighted by Gasteiger charge is 2.31. The summed E-state index contributed by atoms with van der Waals surface area (Å²) < 4.78 is 0. The smallest absolute Gasteiger partial charge is 0.191 e. The second kappa shape index (κ2) is 11.0. The Hall–Kier alpha value is 0.310. The summed E-state index contributed by atoms with van der Waals surface area (Å²) in [5.41, 5.74) is -0.560. The van der Waals surface area contributed by atoms with Crippen LogP contribution in [-0.4, -0.2) is 46.8 Å². The molecule has 0 amide bonds. The van der Waals surface area contributed by atoms with Gasteiger partial charge in [-0.15, -0.1) is 24.0 Å². The summed E-state index contributed by atoms with van der Waals surface area (Å²) in [5.74, 6) is 2.09. The molecule has 6 heteroatoms. The molecule has 0 aromatic heterocycles. The lowest BCUT2D eigenvalue weighted by Crippen LogP contribution is -2.46. The molecule has 2 saturated carbocycles. The predicted octanol–water partition coefficient (Wildman–Crippen LogP) is 3.53. The molecule has 4 nitrogen and oxygen atoms in total. The first-order valence-corrected chi connectivity index (χ1v) is 10.1. The van der Waals surface area contributed by atoms with E-state index in [1.54, 1.807) is 0 Å². The number of thioether (sulfide) groups is 1. The quantitative estimate of drug-likeness (QED) is 0.326. The molecule has 0 aromatic carbocycles. The normalized spacial score (nSPS) is 27.3. The lowest BCUT2D eigenvalue weighted by Gasteiger charge is -2.30. The number of hydrogen-bond donors (Lipinski definition) is 3. The fourth-order valence-corrected chi connectivity index (χ4v) is 4.77. The number of aliphatic imine (C=N–C) groups is 1. The Bertz CT molecular complexity index is 360. The molecule has 0 spiro atoms. The van der Waals surface area contributed by atoms with Gasteiger partial charge in [-0.2, -0.15) is 11.8 Å². The van der Waals surface area contributed by atoms with Crippen LogP contribution in [-0.2, 0) is 0 Å². The molecule has 0 saturated heterocycles. The van der Waals surface area contributed by atoms with Crippen molar-refractivity contribution in [3.63, 3.8) is 0 Å². The van der Waals surface area contributed by atoms with Crippen molar-refractivity contribution in [1.82, 2.24) is 10.6 Å². The van der Waals surface area contributed by atoms with E-state index in [0.717, 1.165) is 43.4 Å². The van der Waals surface area contributed by atoms with Gasteiger partial charge in [0.25, 0.3) is 0 Å². The van der Waals surface area contributed by atoms with Crippen LogP contribution < -0.4 is 10.6 Å². The van der Waals surface area contributed by atoms with E-state index in [-0.39, 0.29) is 24.0 Å². The third kappa shape index (κ3) is 7.38. The molecular weight excluding hydrogens is 421 g/mol. The zero-order valence-electron chi connectivity index (χ0n) is 14.6. The van der Waals surface area contributed by atoms with Crippen LogP contribution >= 0.6 is 35.7 Å². The van der Waals surface area contributed by atoms with Crippen LogP contribution in [0.15, 0.2) is 4.99 Å². The molecule has 0 aromatic rings. The standard InChI is InChI=1S/C17H33N3OS.HI/c1-3-18-16(19-13-17(21)10-5-6-11-17)20-14-8-7-9-15(12-14)22-4-2;/h14-15,21H,3-13H2,1-2H3,(H2,18,19,20);1H. The second-order valence-corrected chi connectivity index (χ2v) is 8.29. The SMILES string of the molecule is CCNC(=NCC1(O)CCCC1)NC1CCCC(SCC)C1.I. The minimum atomic E-state index is -0.560. The zero-order chi connectivity index (χ0) is 15.8. The monoisotopic (exact) mass is 455 g/mol. The molecule has 0 aliphatic heterocycles. The molecule has 2 rings (SSSR count). The Labute approximate surface area is 163 Å². The maximum Gasteiger partial charge on any atom is 0.191 e. The summed E-state index contributed by atoms with van der Waals surface area (Å²) in [6, 6.07) is 0.522. The van der Waals surface area contributed by atoms with Crippen LogP contribution in [0.4, 0.5) is 0 Å². The van der Waals surface area contributed by atoms with Crippen molar-refractivity contribution >= 4 is 41.7 Å². The van der Waals surface area contributed by atoms with Gasteiger partial charge in [0, 0.05) is 17.8 Å². The topological polar surface area (TPSA) is 56.7 Å². The van der Waals surface area contributed by atoms with Gasteiger partial charge in [-0.3, -0.25) is 4.99 Å². The molecule has 2 fully saturated rings. The van der Waals surface area contributed by atoms with Gasteiger partial charge in [0.05, 0.1) is 12.1 Å². The summed E-state index contributed by atoms with van der Waals surface area (Å²) in [7, 11) is 0. The Morgan fingerprint density at radius 3 is 2.61 bits per heavy atom. The predicted molar refractivity (Wildman–Crippen MR) is 112 cm³/mol. The fourth-order valence-electron chi connectivity index (χ4n) is 3.59. The summed E-state index contributed by atoms with van der Waals surface area (Å²) in [6.45, 7) is 5.74. The Kier molecular flexibility index (Phi) is 10.2. The van der Waals surface area contributed by atoms with Gasteiger partial charge in [-0.1, -0.05) is 26.2 Å². The van der Waals surface area contributed by atoms with Gasteiger partial charge in [0.1, 0.15) is 0 Å². The van der Waals surface area contributed by atoms with E-state index < -0.39 is 5.60 Å². The summed E-state index contributed by atoms with van der Waals surface area (Å²) in [4.78, 5) is 4.67. The largest absolute Gasteiger partial charge is 0.388 e. The number of nitrogens with one attached hydrogen (secondary N) is 2. The van der Waals surface area contributed by atoms with Crippen molar-refractivity contribution < 1.29 is 5.11 Å². The van der Waals surface area contributed by atoms with Gasteiger partial charge in [0.15, 0.2) is 5.96 Å². The first-order valence-electron chi connectivity index (χ1n) is 9.04. The van der Waals surface area contributed by atoms with Gasteiger partial charge in [-0.25, -0.2) is 0 Å². The van der Waals surface area contributed by atoms with Crippen LogP contribution in [0.3, 0.4) is 0 Å². The van der Waals surface area contributed by atoms with Crippen molar-refractivity contribution in [2.45, 2.75) is 82.1 Å². The average Bonchev–Trinajstić information content (AvgIpc) is 2.93. The molecule has 3 N–H and O–H groups in total. The first kappa shape index (κ1) is 21.4. The number of guanidine groups is 1. The summed E-state index contributed by atoms with van der Waals surface area (Å²) in [6.07, 6.45) is 9.18. The first-order chi connectivity index (χ1) is 10.6. The lowest BCUT2D eigenvalue weighted by molar-refractivity contribution is 0.0574. The highest BCUT2D eigenvalue weighted by molar-refractivity contribution is 14.0. The lowest BCUT2D eigenvalue weighted by atomic mass is 9.95. The summed E-state index contributed by atoms with van der Waals surface area (Å²) >= 11 is 2.09. The van der Waals surface area contributed by atoms with Crippen molar-refractivity contribution in [2.75, 3.05) is 18.8 Å². The van der Waals surface area contributed by atoms with E-state index in [9.17, 15) is 5.11 Å². The average molecular weight is 455 g/mol. The Morgan fingerprint density at radius 1 is 1.22 bits per heavy atom. The minimum Gasteiger partial charge on any atom is -0.388 e. The Morgan fingerprint density at radius 2 is 1.96 bits per heavy atom. The van der Waals surface area contributed by atoms with Crippen molar-refractivity contribution in [1.29, 1.82) is 0 Å². The van der Waals surface area contributed by atoms with Crippen LogP contribution in [0.25, 0.3) is 0 Å². The molecule has 0 radical (unpaired) electrons. The van der Waals surface area contributed by atoms with Gasteiger partial charge in [0.2, 0.25) is 0 Å². The molecule has 2 atom stereocenters. The van der Waals surface area contributed by atoms with E-state index in [4.69, 9.17) is 0 Å². The molecule has 2 aliphatic carbocycles. The zero-order valence-corrected chi connectivity index (χ0v) is 17.8. The number of rotatable bonds is 6. The molecule has 2 unspecified atom stereocenters. The van der Waals surface area contributed by atoms with E-state index in [1.807, 2.05) is 0 Å². The highest BCUT2D eigenvalue weighted by atomic mass is 127. The number of halogens is 1. The van der Waals surface area contributed by atoms with E-state index in [1.165, 1.54) is 31.4 Å². The van der Waals surface area contributed by atoms with Crippen LogP contribution in [0, 0.1) is 0 Å². The minimum absolute atomic E-state index is 0. The third-order valence-electron chi connectivity index (χ3n) is 4.78. The van der Waals surface area contributed by atoms with Crippen molar-refractivity contribution in [2.24, 2.45) is 4.99 Å². The van der Waals surface area contributed by atoms with Crippen LogP contribution in [0.5, 0.6) is 0 Å². The third-order valence-corrected chi connectivity index (χ3v) is 6.01. The van der Waals surface area contributed by atoms with Gasteiger partial charge >= 0.3 is 0 Å². The molecule has 136 valence electrons. The molecule has 0 heterocycles. The molecular formula is C17H34IN3OS. The van der Waals surface area contributed by atoms with Gasteiger partial charge in [-0.05, 0) is 44.8 Å². The fraction of sp³-hybridized carbons (Fsp3) is 0.941. The van der Waals surface area contributed by atoms with E-state index in [0.29, 0.717) is 12.6 Å². The highest BCUT2D eigenvalue weighted by Crippen LogP contribution is 2.30. The van der Waals surface area contributed by atoms with Crippen molar-refractivity contribution in [3.8, 4) is 0 Å². The second-order valence-electron chi connectivity index (χ2n) is 6.71. The van der Waals surface area contributed by atoms with Crippen LogP contribution in [0.2, 0.25) is 0 Å². The number of hydrogen-bond acceptors (Lipinski definition) is 3.